The van der Waals surface area contributed by atoms with E-state index in [1.165, 1.54) is 37.4 Å². The van der Waals surface area contributed by atoms with Crippen molar-refractivity contribution < 1.29 is 18.3 Å². The first-order valence-electron chi connectivity index (χ1n) is 12.1. The second-order valence-electron chi connectivity index (χ2n) is 8.14. The Balaban J connectivity index is 2.15. The topological polar surface area (TPSA) is 63.6 Å². The smallest absolute Gasteiger partial charge is 0.248 e. The van der Waals surface area contributed by atoms with Crippen molar-refractivity contribution in [2.75, 3.05) is 19.0 Å². The Kier molecular flexibility index (Phi) is 11.8. The monoisotopic (exact) mass is 483 g/mol. The predicted octanol–water partition coefficient (Wildman–Crippen LogP) is 7.16. The van der Waals surface area contributed by atoms with Crippen LogP contribution in [0.2, 0.25) is 0 Å². The molecule has 0 aliphatic rings. The van der Waals surface area contributed by atoms with Crippen LogP contribution in [0.3, 0.4) is 0 Å². The van der Waals surface area contributed by atoms with Gasteiger partial charge in [-0.05, 0) is 61.1 Å². The minimum Gasteiger partial charge on any atom is -0.494 e. The zero-order chi connectivity index (χ0) is 25.6. The van der Waals surface area contributed by atoms with Crippen molar-refractivity contribution in [3.05, 3.63) is 77.7 Å². The standard InChI is InChI=1S/C28H35F2N3O2/c1-5-8-10-20(7-3)22-15-16-32-19-26(22)33-27(34)12-9-11-25(30)28(31-4)23-18-21(35-17-6-2)13-14-24(23)29/h9,11-16,18-20H,5-8,10,17H2,1-4H3,(H,33,34)/b12-9+,25-11+,31-28?/t20-/m0/s1. The highest BCUT2D eigenvalue weighted by Gasteiger charge is 2.16. The lowest BCUT2D eigenvalue weighted by Crippen LogP contribution is -2.12. The van der Waals surface area contributed by atoms with Gasteiger partial charge in [0, 0.05) is 24.9 Å². The van der Waals surface area contributed by atoms with Gasteiger partial charge in [-0.3, -0.25) is 14.8 Å². The summed E-state index contributed by atoms with van der Waals surface area (Å²) in [5.74, 6) is -1.04. The lowest BCUT2D eigenvalue weighted by atomic mass is 9.91. The Labute approximate surface area is 207 Å². The molecule has 7 heteroatoms. The summed E-state index contributed by atoms with van der Waals surface area (Å²) in [6.45, 7) is 6.70. The summed E-state index contributed by atoms with van der Waals surface area (Å²) in [6.07, 6.45) is 11.9. The van der Waals surface area contributed by atoms with Crippen molar-refractivity contribution in [2.45, 2.75) is 58.8 Å². The van der Waals surface area contributed by atoms with E-state index in [1.54, 1.807) is 12.4 Å². The molecular formula is C28H35F2N3O2. The summed E-state index contributed by atoms with van der Waals surface area (Å²) in [5.41, 5.74) is 1.52. The number of carbonyl (C=O) groups excluding carboxylic acids is 1. The molecule has 5 nitrogen and oxygen atoms in total. The van der Waals surface area contributed by atoms with Crippen LogP contribution in [0.4, 0.5) is 14.5 Å². The highest BCUT2D eigenvalue weighted by molar-refractivity contribution is 6.11. The number of pyridine rings is 1. The molecule has 0 aliphatic heterocycles. The quantitative estimate of drug-likeness (QED) is 0.187. The molecule has 0 radical (unpaired) electrons. The zero-order valence-electron chi connectivity index (χ0n) is 21.0. The molecule has 2 rings (SSSR count). The minimum atomic E-state index is -0.768. The van der Waals surface area contributed by atoms with Crippen LogP contribution in [0.5, 0.6) is 5.75 Å². The van der Waals surface area contributed by atoms with E-state index in [2.05, 4.69) is 29.1 Å². The van der Waals surface area contributed by atoms with Crippen LogP contribution in [0.25, 0.3) is 0 Å². The second kappa shape index (κ2) is 14.8. The normalized spacial score (nSPS) is 13.2. The molecule has 2 aromatic rings. The number of anilines is 1. The van der Waals surface area contributed by atoms with Gasteiger partial charge in [0.05, 0.1) is 18.5 Å². The van der Waals surface area contributed by atoms with E-state index in [1.807, 2.05) is 13.0 Å². The van der Waals surface area contributed by atoms with Crippen LogP contribution in [-0.4, -0.2) is 30.3 Å². The van der Waals surface area contributed by atoms with Gasteiger partial charge in [-0.15, -0.1) is 0 Å². The number of aliphatic imine (C=N–C) groups is 1. The van der Waals surface area contributed by atoms with Gasteiger partial charge in [-0.25, -0.2) is 8.78 Å². The summed E-state index contributed by atoms with van der Waals surface area (Å²) in [4.78, 5) is 20.5. The van der Waals surface area contributed by atoms with Crippen molar-refractivity contribution in [3.8, 4) is 5.75 Å². The third kappa shape index (κ3) is 8.42. The van der Waals surface area contributed by atoms with Gasteiger partial charge >= 0.3 is 0 Å². The molecule has 0 saturated carbocycles. The van der Waals surface area contributed by atoms with E-state index in [9.17, 15) is 13.6 Å². The van der Waals surface area contributed by atoms with Gasteiger partial charge in [0.25, 0.3) is 0 Å². The number of ether oxygens (including phenoxy) is 1. The number of hydrogen-bond donors (Lipinski definition) is 1. The second-order valence-corrected chi connectivity index (χ2v) is 8.14. The Bertz CT molecular complexity index is 1060. The summed E-state index contributed by atoms with van der Waals surface area (Å²) >= 11 is 0. The first-order chi connectivity index (χ1) is 16.9. The Hall–Kier alpha value is -3.35. The van der Waals surface area contributed by atoms with Gasteiger partial charge in [0.1, 0.15) is 23.1 Å². The number of nitrogens with zero attached hydrogens (tertiary/aromatic N) is 2. The molecule has 0 spiro atoms. The summed E-state index contributed by atoms with van der Waals surface area (Å²) in [7, 11) is 1.38. The Morgan fingerprint density at radius 2 is 2.03 bits per heavy atom. The maximum absolute atomic E-state index is 14.9. The van der Waals surface area contributed by atoms with Crippen molar-refractivity contribution in [1.82, 2.24) is 4.98 Å². The number of rotatable bonds is 13. The molecule has 188 valence electrons. The van der Waals surface area contributed by atoms with Gasteiger partial charge in [-0.1, -0.05) is 39.7 Å². The van der Waals surface area contributed by atoms with Gasteiger partial charge < -0.3 is 10.1 Å². The molecule has 0 bridgehead atoms. The average Bonchev–Trinajstić information content (AvgIpc) is 2.86. The first-order valence-corrected chi connectivity index (χ1v) is 12.1. The molecule has 1 aromatic carbocycles. The van der Waals surface area contributed by atoms with E-state index >= 15 is 0 Å². The molecular weight excluding hydrogens is 448 g/mol. The molecule has 0 fully saturated rings. The number of aromatic nitrogens is 1. The SMILES string of the molecule is CCCC[C@H](CC)c1ccncc1NC(=O)/C=C/C=C(/F)C(=NC)c1cc(OCCC)ccc1F. The number of carbonyl (C=O) groups is 1. The van der Waals surface area contributed by atoms with Crippen LogP contribution in [0.15, 0.2) is 65.7 Å². The fourth-order valence-electron chi connectivity index (χ4n) is 3.72. The number of nitrogens with one attached hydrogen (secondary N) is 1. The fourth-order valence-corrected chi connectivity index (χ4v) is 3.72. The van der Waals surface area contributed by atoms with Gasteiger partial charge in [0.15, 0.2) is 0 Å². The number of halogens is 2. The van der Waals surface area contributed by atoms with Crippen LogP contribution in [-0.2, 0) is 4.79 Å². The van der Waals surface area contributed by atoms with E-state index in [4.69, 9.17) is 4.74 Å². The fraction of sp³-hybridized carbons (Fsp3) is 0.393. The summed E-state index contributed by atoms with van der Waals surface area (Å²) in [6, 6.07) is 6.06. The molecule has 35 heavy (non-hydrogen) atoms. The zero-order valence-corrected chi connectivity index (χ0v) is 21.0. The predicted molar refractivity (Wildman–Crippen MR) is 138 cm³/mol. The Morgan fingerprint density at radius 1 is 1.23 bits per heavy atom. The largest absolute Gasteiger partial charge is 0.494 e. The number of unbranched alkanes of at least 4 members (excludes halogenated alkanes) is 1. The van der Waals surface area contributed by atoms with Crippen LogP contribution in [0, 0.1) is 5.82 Å². The van der Waals surface area contributed by atoms with Gasteiger partial charge in [0.2, 0.25) is 5.91 Å². The average molecular weight is 484 g/mol. The highest BCUT2D eigenvalue weighted by Crippen LogP contribution is 2.30. The molecule has 1 heterocycles. The van der Waals surface area contributed by atoms with E-state index in [0.717, 1.165) is 43.7 Å². The maximum atomic E-state index is 14.9. The van der Waals surface area contributed by atoms with Gasteiger partial charge in [-0.2, -0.15) is 0 Å². The molecule has 0 saturated heterocycles. The molecule has 1 aromatic heterocycles. The molecule has 0 aliphatic carbocycles. The number of benzene rings is 1. The van der Waals surface area contributed by atoms with Crippen LogP contribution in [0.1, 0.15) is 69.9 Å². The Morgan fingerprint density at radius 3 is 2.71 bits per heavy atom. The lowest BCUT2D eigenvalue weighted by molar-refractivity contribution is -0.111. The van der Waals surface area contributed by atoms with E-state index in [-0.39, 0.29) is 11.3 Å². The molecule has 1 N–H and O–H groups in total. The van der Waals surface area contributed by atoms with Crippen molar-refractivity contribution in [1.29, 1.82) is 0 Å². The number of hydrogen-bond acceptors (Lipinski definition) is 4. The highest BCUT2D eigenvalue weighted by atomic mass is 19.1. The van der Waals surface area contributed by atoms with Crippen molar-refractivity contribution >= 4 is 17.3 Å². The first kappa shape index (κ1) is 27.9. The summed E-state index contributed by atoms with van der Waals surface area (Å²) in [5, 5.41) is 2.84. The van der Waals surface area contributed by atoms with Crippen LogP contribution >= 0.6 is 0 Å². The lowest BCUT2D eigenvalue weighted by Gasteiger charge is -2.18. The third-order valence-corrected chi connectivity index (χ3v) is 5.56. The number of amides is 1. The molecule has 1 atom stereocenters. The van der Waals surface area contributed by atoms with Crippen molar-refractivity contribution in [3.63, 3.8) is 0 Å². The van der Waals surface area contributed by atoms with E-state index in [0.29, 0.717) is 24.0 Å². The number of allylic oxidation sites excluding steroid dienone is 3. The van der Waals surface area contributed by atoms with E-state index < -0.39 is 17.6 Å². The molecule has 1 amide bonds. The minimum absolute atomic E-state index is 0.00890. The summed E-state index contributed by atoms with van der Waals surface area (Å²) < 4.78 is 34.7. The maximum Gasteiger partial charge on any atom is 0.248 e. The van der Waals surface area contributed by atoms with Crippen LogP contribution < -0.4 is 10.1 Å². The third-order valence-electron chi connectivity index (χ3n) is 5.56. The van der Waals surface area contributed by atoms with Crippen molar-refractivity contribution in [2.24, 2.45) is 4.99 Å². The molecule has 0 unspecified atom stereocenters.